The third-order valence-electron chi connectivity index (χ3n) is 5.60. The lowest BCUT2D eigenvalue weighted by Gasteiger charge is -2.12. The summed E-state index contributed by atoms with van der Waals surface area (Å²) in [5.74, 6) is 0.978. The zero-order valence-electron chi connectivity index (χ0n) is 23.2. The van der Waals surface area contributed by atoms with E-state index >= 15 is 0 Å². The fourth-order valence-corrected chi connectivity index (χ4v) is 3.60. The Bertz CT molecular complexity index is 587. The van der Waals surface area contributed by atoms with Gasteiger partial charge in [-0.05, 0) is 24.5 Å². The fraction of sp³-hybridized carbons (Fsp3) is 0.793. The molecular formula is C29H52O8. The van der Waals surface area contributed by atoms with Gasteiger partial charge in [-0.25, -0.2) is 0 Å². The van der Waals surface area contributed by atoms with Gasteiger partial charge in [0.25, 0.3) is 0 Å². The highest BCUT2D eigenvalue weighted by Gasteiger charge is 2.03. The molecule has 0 atom stereocenters. The van der Waals surface area contributed by atoms with Crippen LogP contribution in [-0.4, -0.2) is 97.6 Å². The van der Waals surface area contributed by atoms with Crippen LogP contribution in [0.2, 0.25) is 0 Å². The van der Waals surface area contributed by atoms with Gasteiger partial charge in [0.15, 0.2) is 0 Å². The van der Waals surface area contributed by atoms with Crippen LogP contribution < -0.4 is 4.74 Å². The van der Waals surface area contributed by atoms with Crippen LogP contribution in [0.15, 0.2) is 24.3 Å². The Balaban J connectivity index is 1.85. The third-order valence-corrected chi connectivity index (χ3v) is 5.60. The van der Waals surface area contributed by atoms with E-state index in [1.54, 1.807) is 0 Å². The van der Waals surface area contributed by atoms with E-state index < -0.39 is 0 Å². The van der Waals surface area contributed by atoms with Gasteiger partial charge in [0.1, 0.15) is 12.4 Å². The highest BCUT2D eigenvalue weighted by molar-refractivity contribution is 5.33. The summed E-state index contributed by atoms with van der Waals surface area (Å²) < 4.78 is 38.4. The van der Waals surface area contributed by atoms with Crippen LogP contribution in [0, 0.1) is 0 Å². The molecule has 1 aromatic carbocycles. The Labute approximate surface area is 224 Å². The summed E-state index contributed by atoms with van der Waals surface area (Å²) in [6, 6.07) is 8.34. The normalized spacial score (nSPS) is 11.3. The van der Waals surface area contributed by atoms with Gasteiger partial charge in [0, 0.05) is 0 Å². The lowest BCUT2D eigenvalue weighted by Crippen LogP contribution is -2.15. The summed E-state index contributed by atoms with van der Waals surface area (Å²) in [6.45, 7) is 8.93. The number of aryl methyl sites for hydroxylation is 1. The van der Waals surface area contributed by atoms with Gasteiger partial charge < -0.3 is 38.3 Å². The van der Waals surface area contributed by atoms with Crippen molar-refractivity contribution in [3.05, 3.63) is 29.8 Å². The molecule has 0 aliphatic heterocycles. The maximum atomic E-state index is 8.58. The summed E-state index contributed by atoms with van der Waals surface area (Å²) in [5.41, 5.74) is 1.29. The molecule has 1 aromatic rings. The van der Waals surface area contributed by atoms with Gasteiger partial charge in [-0.1, -0.05) is 63.6 Å². The minimum absolute atomic E-state index is 0.0344. The topological polar surface area (TPSA) is 84.8 Å². The lowest BCUT2D eigenvalue weighted by molar-refractivity contribution is -0.0191. The predicted molar refractivity (Wildman–Crippen MR) is 146 cm³/mol. The Hall–Kier alpha value is -1.26. The molecule has 1 N–H and O–H groups in total. The zero-order chi connectivity index (χ0) is 26.5. The Morgan fingerprint density at radius 2 is 0.946 bits per heavy atom. The molecule has 0 fully saturated rings. The van der Waals surface area contributed by atoms with E-state index in [9.17, 15) is 0 Å². The smallest absolute Gasteiger partial charge is 0.122 e. The second-order valence-corrected chi connectivity index (χ2v) is 8.73. The average molecular weight is 529 g/mol. The molecule has 0 amide bonds. The van der Waals surface area contributed by atoms with Gasteiger partial charge in [-0.2, -0.15) is 0 Å². The molecule has 216 valence electrons. The monoisotopic (exact) mass is 528 g/mol. The molecule has 1 rings (SSSR count). The number of rotatable bonds is 29. The molecule has 8 heteroatoms. The summed E-state index contributed by atoms with van der Waals surface area (Å²) in [6.07, 6.45) is 10.3. The van der Waals surface area contributed by atoms with Crippen molar-refractivity contribution in [2.45, 2.75) is 58.3 Å². The molecule has 0 aliphatic carbocycles. The molecule has 0 unspecified atom stereocenters. The van der Waals surface area contributed by atoms with Gasteiger partial charge >= 0.3 is 0 Å². The predicted octanol–water partition coefficient (Wildman–Crippen LogP) is 4.45. The molecule has 0 aliphatic rings. The van der Waals surface area contributed by atoms with E-state index in [0.29, 0.717) is 85.9 Å². The minimum Gasteiger partial charge on any atom is -0.491 e. The molecule has 0 saturated carbocycles. The van der Waals surface area contributed by atoms with Crippen molar-refractivity contribution >= 4 is 0 Å². The number of aliphatic hydroxyl groups is 1. The number of hydrogen-bond donors (Lipinski definition) is 1. The summed E-state index contributed by atoms with van der Waals surface area (Å²) in [5, 5.41) is 8.58. The van der Waals surface area contributed by atoms with Gasteiger partial charge in [-0.15, -0.1) is 0 Å². The Kier molecular flexibility index (Phi) is 25.3. The summed E-state index contributed by atoms with van der Waals surface area (Å²) in [7, 11) is 0. The second-order valence-electron chi connectivity index (χ2n) is 8.73. The number of benzene rings is 1. The standard InChI is InChI=1S/C29H52O8/c1-2-3-4-5-6-7-8-11-28-12-9-10-13-29(28)37-27-26-36-25-24-35-23-22-34-21-20-33-19-18-32-17-16-31-15-14-30/h9-10,12-13,30H,2-8,11,14-27H2,1H3. The van der Waals surface area contributed by atoms with Crippen LogP contribution >= 0.6 is 0 Å². The first kappa shape index (κ1) is 33.8. The van der Waals surface area contributed by atoms with Crippen molar-refractivity contribution < 1.29 is 38.3 Å². The fourth-order valence-electron chi connectivity index (χ4n) is 3.60. The zero-order valence-corrected chi connectivity index (χ0v) is 23.2. The van der Waals surface area contributed by atoms with E-state index in [-0.39, 0.29) is 6.61 Å². The van der Waals surface area contributed by atoms with Gasteiger partial charge in [0.05, 0.1) is 85.9 Å². The average Bonchev–Trinajstić information content (AvgIpc) is 2.92. The highest BCUT2D eigenvalue weighted by Crippen LogP contribution is 2.21. The van der Waals surface area contributed by atoms with E-state index in [2.05, 4.69) is 25.1 Å². The molecule has 0 heterocycles. The largest absolute Gasteiger partial charge is 0.491 e. The molecule has 0 bridgehead atoms. The van der Waals surface area contributed by atoms with Crippen LogP contribution in [0.3, 0.4) is 0 Å². The van der Waals surface area contributed by atoms with Crippen molar-refractivity contribution in [1.29, 1.82) is 0 Å². The number of aliphatic hydroxyl groups excluding tert-OH is 1. The maximum Gasteiger partial charge on any atom is 0.122 e. The SMILES string of the molecule is CCCCCCCCCc1ccccc1OCCOCCOCCOCCOCCOCCOCCO. The van der Waals surface area contributed by atoms with Crippen molar-refractivity contribution in [1.82, 2.24) is 0 Å². The van der Waals surface area contributed by atoms with Gasteiger partial charge in [-0.3, -0.25) is 0 Å². The quantitative estimate of drug-likeness (QED) is 0.153. The van der Waals surface area contributed by atoms with E-state index in [1.807, 2.05) is 6.07 Å². The molecule has 0 spiro atoms. The molecule has 0 saturated heterocycles. The lowest BCUT2D eigenvalue weighted by atomic mass is 10.0. The maximum absolute atomic E-state index is 8.58. The first-order valence-electron chi connectivity index (χ1n) is 14.2. The minimum atomic E-state index is 0.0344. The van der Waals surface area contributed by atoms with E-state index in [4.69, 9.17) is 38.3 Å². The number of ether oxygens (including phenoxy) is 7. The van der Waals surface area contributed by atoms with Crippen LogP contribution in [-0.2, 0) is 34.8 Å². The first-order chi connectivity index (χ1) is 18.4. The third kappa shape index (κ3) is 22.4. The van der Waals surface area contributed by atoms with Crippen LogP contribution in [0.25, 0.3) is 0 Å². The van der Waals surface area contributed by atoms with Crippen molar-refractivity contribution in [2.24, 2.45) is 0 Å². The number of para-hydroxylation sites is 1. The summed E-state index contributed by atoms with van der Waals surface area (Å²) >= 11 is 0. The van der Waals surface area contributed by atoms with Gasteiger partial charge in [0.2, 0.25) is 0 Å². The second kappa shape index (κ2) is 27.8. The number of hydrogen-bond acceptors (Lipinski definition) is 8. The van der Waals surface area contributed by atoms with Crippen LogP contribution in [0.5, 0.6) is 5.75 Å². The summed E-state index contributed by atoms with van der Waals surface area (Å²) in [4.78, 5) is 0. The Morgan fingerprint density at radius 3 is 1.46 bits per heavy atom. The van der Waals surface area contributed by atoms with Crippen LogP contribution in [0.4, 0.5) is 0 Å². The first-order valence-corrected chi connectivity index (χ1v) is 14.2. The molecular weight excluding hydrogens is 476 g/mol. The van der Waals surface area contributed by atoms with E-state index in [1.165, 1.54) is 50.5 Å². The molecule has 37 heavy (non-hydrogen) atoms. The molecule has 8 nitrogen and oxygen atoms in total. The molecule has 0 aromatic heterocycles. The highest BCUT2D eigenvalue weighted by atomic mass is 16.6. The van der Waals surface area contributed by atoms with E-state index in [0.717, 1.165) is 12.2 Å². The Morgan fingerprint density at radius 1 is 0.514 bits per heavy atom. The van der Waals surface area contributed by atoms with Crippen molar-refractivity contribution in [2.75, 3.05) is 92.5 Å². The van der Waals surface area contributed by atoms with Crippen molar-refractivity contribution in [3.8, 4) is 5.75 Å². The molecule has 0 radical (unpaired) electrons. The van der Waals surface area contributed by atoms with Crippen LogP contribution in [0.1, 0.15) is 57.4 Å². The number of unbranched alkanes of at least 4 members (excludes halogenated alkanes) is 6. The van der Waals surface area contributed by atoms with Crippen molar-refractivity contribution in [3.63, 3.8) is 0 Å².